The number of rotatable bonds is 6. The number of carbonyl (C=O) groups is 1. The largest absolute Gasteiger partial charge is 0.368 e. The second kappa shape index (κ2) is 10.8. The van der Waals surface area contributed by atoms with E-state index in [-0.39, 0.29) is 11.5 Å². The molecule has 1 amide bonds. The molecule has 0 saturated carbocycles. The summed E-state index contributed by atoms with van der Waals surface area (Å²) < 4.78 is 2.09. The lowest BCUT2D eigenvalue weighted by Gasteiger charge is -2.37. The van der Waals surface area contributed by atoms with E-state index in [0.717, 1.165) is 37.2 Å². The van der Waals surface area contributed by atoms with Crippen molar-refractivity contribution >= 4 is 69.0 Å². The van der Waals surface area contributed by atoms with Gasteiger partial charge in [-0.3, -0.25) is 18.9 Å². The van der Waals surface area contributed by atoms with Crippen molar-refractivity contribution in [3.8, 4) is 0 Å². The molecule has 2 fully saturated rings. The summed E-state index contributed by atoms with van der Waals surface area (Å²) in [5.41, 5.74) is 2.82. The van der Waals surface area contributed by atoms with Crippen molar-refractivity contribution in [2.45, 2.75) is 26.7 Å². The Kier molecular flexibility index (Phi) is 7.55. The Morgan fingerprint density at radius 3 is 2.59 bits per heavy atom. The number of thiocarbonyl (C=S) groups is 1. The maximum atomic E-state index is 13.8. The summed E-state index contributed by atoms with van der Waals surface area (Å²) >= 11 is 12.9. The number of unbranched alkanes of at least 4 members (excludes halogenated alkanes) is 1. The van der Waals surface area contributed by atoms with Crippen LogP contribution in [0.4, 0.5) is 11.5 Å². The maximum absolute atomic E-state index is 13.8. The quantitative estimate of drug-likeness (QED) is 0.315. The minimum Gasteiger partial charge on any atom is -0.368 e. The third-order valence-corrected chi connectivity index (χ3v) is 8.31. The summed E-state index contributed by atoms with van der Waals surface area (Å²) in [5.74, 6) is 0.456. The number of amides is 1. The van der Waals surface area contributed by atoms with E-state index in [0.29, 0.717) is 50.9 Å². The van der Waals surface area contributed by atoms with Gasteiger partial charge in [0.2, 0.25) is 0 Å². The molecule has 2 saturated heterocycles. The van der Waals surface area contributed by atoms with E-state index in [1.807, 2.05) is 37.3 Å². The van der Waals surface area contributed by atoms with Crippen molar-refractivity contribution < 1.29 is 4.79 Å². The summed E-state index contributed by atoms with van der Waals surface area (Å²) in [6, 6.07) is 11.6. The van der Waals surface area contributed by atoms with Crippen LogP contribution < -0.4 is 15.4 Å². The van der Waals surface area contributed by atoms with Crippen molar-refractivity contribution in [1.29, 1.82) is 0 Å². The molecule has 0 radical (unpaired) electrons. The van der Waals surface area contributed by atoms with Gasteiger partial charge in [0.1, 0.15) is 15.8 Å². The van der Waals surface area contributed by atoms with Gasteiger partial charge in [0, 0.05) is 49.6 Å². The molecule has 7 nitrogen and oxygen atoms in total. The molecule has 2 aromatic heterocycles. The molecule has 0 bridgehead atoms. The van der Waals surface area contributed by atoms with Crippen molar-refractivity contribution in [1.82, 2.24) is 14.3 Å². The molecule has 37 heavy (non-hydrogen) atoms. The SMILES string of the molecule is CCCCN1C(=O)/C(=C\c2c(N3CCN(c4cccc(Cl)c4)CC3)nc3c(C)cccn3c2=O)SC1=S. The third kappa shape index (κ3) is 5.12. The number of thioether (sulfide) groups is 1. The normalized spacial score (nSPS) is 17.5. The van der Waals surface area contributed by atoms with Crippen LogP contribution in [0.25, 0.3) is 11.7 Å². The zero-order valence-corrected chi connectivity index (χ0v) is 23.2. The number of pyridine rings is 1. The number of hydrogen-bond acceptors (Lipinski definition) is 7. The lowest BCUT2D eigenvalue weighted by molar-refractivity contribution is -0.122. The summed E-state index contributed by atoms with van der Waals surface area (Å²) in [6.07, 6.45) is 5.26. The predicted molar refractivity (Wildman–Crippen MR) is 157 cm³/mol. The van der Waals surface area contributed by atoms with E-state index in [4.69, 9.17) is 28.8 Å². The Morgan fingerprint density at radius 1 is 1.11 bits per heavy atom. The van der Waals surface area contributed by atoms with Gasteiger partial charge >= 0.3 is 0 Å². The number of benzene rings is 1. The first kappa shape index (κ1) is 25.8. The van der Waals surface area contributed by atoms with Gasteiger partial charge in [-0.2, -0.15) is 0 Å². The highest BCUT2D eigenvalue weighted by Crippen LogP contribution is 2.34. The highest BCUT2D eigenvalue weighted by atomic mass is 35.5. The van der Waals surface area contributed by atoms with E-state index < -0.39 is 0 Å². The van der Waals surface area contributed by atoms with Crippen LogP contribution in [0.1, 0.15) is 30.9 Å². The second-order valence-corrected chi connectivity index (χ2v) is 11.3. The van der Waals surface area contributed by atoms with E-state index in [1.165, 1.54) is 11.8 Å². The maximum Gasteiger partial charge on any atom is 0.267 e. The second-order valence-electron chi connectivity index (χ2n) is 9.18. The van der Waals surface area contributed by atoms with Crippen molar-refractivity contribution in [2.75, 3.05) is 42.5 Å². The molecule has 192 valence electrons. The molecule has 2 aliphatic rings. The molecule has 2 aliphatic heterocycles. The van der Waals surface area contributed by atoms with Gasteiger partial charge < -0.3 is 9.80 Å². The van der Waals surface area contributed by atoms with Gasteiger partial charge in [-0.05, 0) is 49.2 Å². The number of aromatic nitrogens is 2. The highest BCUT2D eigenvalue weighted by molar-refractivity contribution is 8.26. The highest BCUT2D eigenvalue weighted by Gasteiger charge is 2.33. The van der Waals surface area contributed by atoms with E-state index >= 15 is 0 Å². The van der Waals surface area contributed by atoms with Crippen molar-refractivity contribution in [3.05, 3.63) is 74.0 Å². The fourth-order valence-corrected chi connectivity index (χ4v) is 6.13. The molecule has 3 aromatic rings. The average molecular weight is 554 g/mol. The minimum absolute atomic E-state index is 0.145. The molecule has 0 atom stereocenters. The Labute approximate surface area is 230 Å². The predicted octanol–water partition coefficient (Wildman–Crippen LogP) is 4.98. The number of aryl methyl sites for hydroxylation is 1. The van der Waals surface area contributed by atoms with Gasteiger partial charge in [-0.25, -0.2) is 4.98 Å². The minimum atomic E-state index is -0.195. The Hall–Kier alpha value is -2.88. The first-order valence-corrected chi connectivity index (χ1v) is 14.0. The zero-order chi connectivity index (χ0) is 26.1. The Morgan fingerprint density at radius 2 is 1.86 bits per heavy atom. The van der Waals surface area contributed by atoms with Crippen LogP contribution in [0.3, 0.4) is 0 Å². The van der Waals surface area contributed by atoms with Crippen LogP contribution in [0.15, 0.2) is 52.3 Å². The Balaban J connectivity index is 1.52. The number of anilines is 2. The lowest BCUT2D eigenvalue weighted by Crippen LogP contribution is -2.47. The van der Waals surface area contributed by atoms with Crippen LogP contribution >= 0.6 is 35.6 Å². The fourth-order valence-electron chi connectivity index (χ4n) is 4.66. The number of carbonyl (C=O) groups excluding carboxylic acids is 1. The molecule has 4 heterocycles. The summed E-state index contributed by atoms with van der Waals surface area (Å²) in [7, 11) is 0. The molecule has 5 rings (SSSR count). The third-order valence-electron chi connectivity index (χ3n) is 6.70. The van der Waals surface area contributed by atoms with E-state index in [2.05, 4.69) is 22.8 Å². The lowest BCUT2D eigenvalue weighted by atomic mass is 10.2. The standard InChI is InChI=1S/C27H28ClN5O2S2/c1-3-4-10-33-26(35)22(37-27(33)36)17-21-24(29-23-18(2)7-6-11-32(23)25(21)34)31-14-12-30(13-15-31)20-9-5-8-19(28)16-20/h5-9,11,16-17H,3-4,10,12-15H2,1-2H3/b22-17+. The summed E-state index contributed by atoms with van der Waals surface area (Å²) in [5, 5.41) is 0.707. The summed E-state index contributed by atoms with van der Waals surface area (Å²) in [4.78, 5) is 38.4. The Bertz CT molecular complexity index is 1460. The molecule has 10 heteroatoms. The first-order chi connectivity index (χ1) is 17.9. The number of hydrogen-bond donors (Lipinski definition) is 0. The van der Waals surface area contributed by atoms with Crippen molar-refractivity contribution in [2.24, 2.45) is 0 Å². The topological polar surface area (TPSA) is 61.2 Å². The van der Waals surface area contributed by atoms with Crippen LogP contribution in [-0.2, 0) is 4.79 Å². The van der Waals surface area contributed by atoms with Crippen LogP contribution in [0.5, 0.6) is 0 Å². The fraction of sp³-hybridized carbons (Fsp3) is 0.333. The number of halogens is 1. The van der Waals surface area contributed by atoms with Gasteiger partial charge in [-0.1, -0.05) is 61.1 Å². The molecular formula is C27H28ClN5O2S2. The molecule has 0 N–H and O–H groups in total. The van der Waals surface area contributed by atoms with E-state index in [1.54, 1.807) is 21.6 Å². The zero-order valence-electron chi connectivity index (χ0n) is 20.8. The van der Waals surface area contributed by atoms with Crippen LogP contribution in [0, 0.1) is 6.92 Å². The molecule has 0 aliphatic carbocycles. The molecular weight excluding hydrogens is 526 g/mol. The van der Waals surface area contributed by atoms with Gasteiger partial charge in [-0.15, -0.1) is 0 Å². The first-order valence-electron chi connectivity index (χ1n) is 12.4. The number of fused-ring (bicyclic) bond motifs is 1. The van der Waals surface area contributed by atoms with Crippen LogP contribution in [-0.4, -0.2) is 57.2 Å². The molecule has 0 unspecified atom stereocenters. The van der Waals surface area contributed by atoms with E-state index in [9.17, 15) is 9.59 Å². The number of piperazine rings is 1. The smallest absolute Gasteiger partial charge is 0.267 e. The summed E-state index contributed by atoms with van der Waals surface area (Å²) in [6.45, 7) is 7.49. The van der Waals surface area contributed by atoms with Gasteiger partial charge in [0.05, 0.1) is 10.5 Å². The monoisotopic (exact) mass is 553 g/mol. The van der Waals surface area contributed by atoms with Crippen molar-refractivity contribution in [3.63, 3.8) is 0 Å². The molecule has 1 aromatic carbocycles. The molecule has 0 spiro atoms. The van der Waals surface area contributed by atoms with Gasteiger partial charge in [0.15, 0.2) is 0 Å². The van der Waals surface area contributed by atoms with Crippen LogP contribution in [0.2, 0.25) is 5.02 Å². The number of nitrogens with zero attached hydrogens (tertiary/aromatic N) is 5. The van der Waals surface area contributed by atoms with Gasteiger partial charge in [0.25, 0.3) is 11.5 Å². The average Bonchev–Trinajstić information content (AvgIpc) is 3.16.